The van der Waals surface area contributed by atoms with E-state index in [-0.39, 0.29) is 5.91 Å². The Morgan fingerprint density at radius 1 is 0.967 bits per heavy atom. The van der Waals surface area contributed by atoms with E-state index in [0.29, 0.717) is 17.9 Å². The Hall–Kier alpha value is -3.38. The number of nitrogens with zero attached hydrogens (tertiary/aromatic N) is 3. The first-order valence-corrected chi connectivity index (χ1v) is 10.2. The zero-order chi connectivity index (χ0) is 20.8. The molecule has 1 fully saturated rings. The smallest absolute Gasteiger partial charge is 0.251 e. The second kappa shape index (κ2) is 9.41. The van der Waals surface area contributed by atoms with E-state index in [1.165, 1.54) is 0 Å². The van der Waals surface area contributed by atoms with Crippen molar-refractivity contribution >= 4 is 11.7 Å². The molecule has 0 atom stereocenters. The van der Waals surface area contributed by atoms with Crippen LogP contribution in [0.4, 0.5) is 5.82 Å². The highest BCUT2D eigenvalue weighted by Crippen LogP contribution is 2.22. The number of rotatable bonds is 6. The third-order valence-corrected chi connectivity index (χ3v) is 5.16. The number of anilines is 1. The van der Waals surface area contributed by atoms with Crippen molar-refractivity contribution in [2.75, 3.05) is 38.1 Å². The van der Waals surface area contributed by atoms with Gasteiger partial charge in [0.15, 0.2) is 0 Å². The molecule has 30 heavy (non-hydrogen) atoms. The van der Waals surface area contributed by atoms with Gasteiger partial charge in [0.1, 0.15) is 17.3 Å². The minimum Gasteiger partial charge on any atom is -0.457 e. The van der Waals surface area contributed by atoms with E-state index in [1.54, 1.807) is 12.1 Å². The van der Waals surface area contributed by atoms with Crippen LogP contribution < -0.4 is 15.0 Å². The molecule has 1 aliphatic heterocycles. The number of hydrogen-bond acceptors (Lipinski definition) is 5. The lowest BCUT2D eigenvalue weighted by molar-refractivity contribution is 0.0950. The number of piperazine rings is 1. The van der Waals surface area contributed by atoms with Gasteiger partial charge in [0.05, 0.1) is 0 Å². The first-order valence-electron chi connectivity index (χ1n) is 10.2. The summed E-state index contributed by atoms with van der Waals surface area (Å²) in [5.74, 6) is 2.22. The van der Waals surface area contributed by atoms with E-state index in [4.69, 9.17) is 4.74 Å². The van der Waals surface area contributed by atoms with Crippen LogP contribution in [0.15, 0.2) is 72.9 Å². The number of carbonyl (C=O) groups excluding carboxylic acids is 1. The largest absolute Gasteiger partial charge is 0.457 e. The Balaban J connectivity index is 1.33. The van der Waals surface area contributed by atoms with E-state index in [0.717, 1.165) is 43.3 Å². The molecule has 0 aliphatic carbocycles. The first-order chi connectivity index (χ1) is 14.7. The molecule has 3 aromatic rings. The number of likely N-dealkylation sites (N-methyl/N-ethyl adjacent to an activating group) is 1. The monoisotopic (exact) mass is 402 g/mol. The Labute approximate surface area is 177 Å². The summed E-state index contributed by atoms with van der Waals surface area (Å²) in [6.45, 7) is 4.50. The molecule has 4 rings (SSSR count). The van der Waals surface area contributed by atoms with Crippen LogP contribution in [0.5, 0.6) is 11.5 Å². The molecule has 1 amide bonds. The molecule has 6 nitrogen and oxygen atoms in total. The number of para-hydroxylation sites is 1. The molecule has 0 saturated carbocycles. The highest BCUT2D eigenvalue weighted by atomic mass is 16.5. The molecule has 0 spiro atoms. The first kappa shape index (κ1) is 19.9. The SMILES string of the molecule is CN1CCN(c2ccc(CNC(=O)c3cccc(Oc4ccccc4)c3)cn2)CC1. The fraction of sp³-hybridized carbons (Fsp3) is 0.250. The van der Waals surface area contributed by atoms with E-state index in [2.05, 4.69) is 27.1 Å². The van der Waals surface area contributed by atoms with Crippen LogP contribution in [0.2, 0.25) is 0 Å². The fourth-order valence-electron chi connectivity index (χ4n) is 3.35. The van der Waals surface area contributed by atoms with Gasteiger partial charge in [0.25, 0.3) is 5.91 Å². The topological polar surface area (TPSA) is 57.7 Å². The minimum atomic E-state index is -0.142. The standard InChI is InChI=1S/C24H26N4O2/c1-27-12-14-28(15-13-27)23-11-10-19(17-25-23)18-26-24(29)20-6-5-9-22(16-20)30-21-7-3-2-4-8-21/h2-11,16-17H,12-15,18H2,1H3,(H,26,29). The van der Waals surface area contributed by atoms with Gasteiger partial charge in [-0.2, -0.15) is 0 Å². The molecule has 0 bridgehead atoms. The maximum Gasteiger partial charge on any atom is 0.251 e. The van der Waals surface area contributed by atoms with Crippen molar-refractivity contribution in [2.24, 2.45) is 0 Å². The van der Waals surface area contributed by atoms with Gasteiger partial charge in [-0.05, 0) is 49.0 Å². The van der Waals surface area contributed by atoms with Crippen LogP contribution in [0.25, 0.3) is 0 Å². The van der Waals surface area contributed by atoms with Crippen molar-refractivity contribution in [1.29, 1.82) is 0 Å². The van der Waals surface area contributed by atoms with Crippen molar-refractivity contribution < 1.29 is 9.53 Å². The average molecular weight is 402 g/mol. The molecule has 2 aromatic carbocycles. The number of ether oxygens (including phenoxy) is 1. The lowest BCUT2D eigenvalue weighted by atomic mass is 10.2. The summed E-state index contributed by atoms with van der Waals surface area (Å²) in [4.78, 5) is 21.8. The third kappa shape index (κ3) is 5.15. The molecule has 0 unspecified atom stereocenters. The average Bonchev–Trinajstić information content (AvgIpc) is 2.79. The van der Waals surface area contributed by atoms with Gasteiger partial charge in [-0.15, -0.1) is 0 Å². The number of amides is 1. The number of hydrogen-bond donors (Lipinski definition) is 1. The molecule has 1 N–H and O–H groups in total. The molecule has 1 saturated heterocycles. The molecule has 6 heteroatoms. The maximum absolute atomic E-state index is 12.6. The van der Waals surface area contributed by atoms with Crippen molar-refractivity contribution in [3.8, 4) is 11.5 Å². The summed E-state index contributed by atoms with van der Waals surface area (Å²) in [5.41, 5.74) is 1.53. The van der Waals surface area contributed by atoms with Crippen LogP contribution in [0.1, 0.15) is 15.9 Å². The highest BCUT2D eigenvalue weighted by molar-refractivity contribution is 5.94. The lowest BCUT2D eigenvalue weighted by Gasteiger charge is -2.33. The summed E-state index contributed by atoms with van der Waals surface area (Å²) in [6.07, 6.45) is 1.84. The molecule has 154 valence electrons. The minimum absolute atomic E-state index is 0.142. The Morgan fingerprint density at radius 2 is 1.73 bits per heavy atom. The van der Waals surface area contributed by atoms with Crippen molar-refractivity contribution in [3.63, 3.8) is 0 Å². The summed E-state index contributed by atoms with van der Waals surface area (Å²) >= 11 is 0. The number of nitrogens with one attached hydrogen (secondary N) is 1. The van der Waals surface area contributed by atoms with Gasteiger partial charge in [-0.25, -0.2) is 4.98 Å². The summed E-state index contributed by atoms with van der Waals surface area (Å²) < 4.78 is 5.81. The molecule has 1 aliphatic rings. The second-order valence-electron chi connectivity index (χ2n) is 7.44. The van der Waals surface area contributed by atoms with Crippen molar-refractivity contribution in [3.05, 3.63) is 84.1 Å². The van der Waals surface area contributed by atoms with Crippen molar-refractivity contribution in [2.45, 2.75) is 6.54 Å². The number of pyridine rings is 1. The van der Waals surface area contributed by atoms with Gasteiger partial charge in [0.2, 0.25) is 0 Å². The molecule has 0 radical (unpaired) electrons. The van der Waals surface area contributed by atoms with Gasteiger partial charge in [-0.3, -0.25) is 4.79 Å². The Morgan fingerprint density at radius 3 is 2.47 bits per heavy atom. The zero-order valence-corrected chi connectivity index (χ0v) is 17.1. The molecule has 1 aromatic heterocycles. The third-order valence-electron chi connectivity index (χ3n) is 5.16. The predicted molar refractivity (Wildman–Crippen MR) is 118 cm³/mol. The van der Waals surface area contributed by atoms with Crippen LogP contribution in [-0.4, -0.2) is 49.0 Å². The summed E-state index contributed by atoms with van der Waals surface area (Å²) in [5, 5.41) is 2.96. The normalized spacial score (nSPS) is 14.4. The quantitative estimate of drug-likeness (QED) is 0.683. The van der Waals surface area contributed by atoms with Gasteiger partial charge in [0, 0.05) is 44.5 Å². The van der Waals surface area contributed by atoms with Crippen LogP contribution in [-0.2, 0) is 6.54 Å². The fourth-order valence-corrected chi connectivity index (χ4v) is 3.35. The zero-order valence-electron chi connectivity index (χ0n) is 17.1. The molecular formula is C24H26N4O2. The second-order valence-corrected chi connectivity index (χ2v) is 7.44. The van der Waals surface area contributed by atoms with E-state index in [1.807, 2.05) is 60.8 Å². The van der Waals surface area contributed by atoms with Crippen LogP contribution >= 0.6 is 0 Å². The van der Waals surface area contributed by atoms with Crippen molar-refractivity contribution in [1.82, 2.24) is 15.2 Å². The molecule has 2 heterocycles. The van der Waals surface area contributed by atoms with Crippen LogP contribution in [0, 0.1) is 0 Å². The van der Waals surface area contributed by atoms with Crippen LogP contribution in [0.3, 0.4) is 0 Å². The Bertz CT molecular complexity index is 968. The number of carbonyl (C=O) groups is 1. The highest BCUT2D eigenvalue weighted by Gasteiger charge is 2.15. The molecular weight excluding hydrogens is 376 g/mol. The predicted octanol–water partition coefficient (Wildman–Crippen LogP) is 3.56. The maximum atomic E-state index is 12.6. The Kier molecular flexibility index (Phi) is 6.25. The summed E-state index contributed by atoms with van der Waals surface area (Å²) in [6, 6.07) is 20.8. The lowest BCUT2D eigenvalue weighted by Crippen LogP contribution is -2.44. The van der Waals surface area contributed by atoms with Gasteiger partial charge >= 0.3 is 0 Å². The van der Waals surface area contributed by atoms with E-state index < -0.39 is 0 Å². The number of benzene rings is 2. The van der Waals surface area contributed by atoms with Gasteiger partial charge in [-0.1, -0.05) is 30.3 Å². The van der Waals surface area contributed by atoms with Gasteiger partial charge < -0.3 is 19.9 Å². The van der Waals surface area contributed by atoms with E-state index in [9.17, 15) is 4.79 Å². The number of aromatic nitrogens is 1. The van der Waals surface area contributed by atoms with E-state index >= 15 is 0 Å². The summed E-state index contributed by atoms with van der Waals surface area (Å²) in [7, 11) is 2.14.